The van der Waals surface area contributed by atoms with E-state index in [-0.39, 0.29) is 0 Å². The van der Waals surface area contributed by atoms with E-state index in [2.05, 4.69) is 38.4 Å². The molecule has 0 radical (unpaired) electrons. The summed E-state index contributed by atoms with van der Waals surface area (Å²) in [5, 5.41) is 3.52. The molecule has 2 aliphatic heterocycles. The van der Waals surface area contributed by atoms with Gasteiger partial charge in [-0.05, 0) is 30.0 Å². The smallest absolute Gasteiger partial charge is 0.155 e. The van der Waals surface area contributed by atoms with Crippen molar-refractivity contribution in [3.8, 4) is 5.75 Å². The molecular weight excluding hydrogens is 300 g/mol. The number of piperazine rings is 1. The highest BCUT2D eigenvalue weighted by atomic mass is 16.5. The van der Waals surface area contributed by atoms with E-state index in [1.54, 1.807) is 12.4 Å². The first-order valence-electron chi connectivity index (χ1n) is 8.83. The molecule has 0 saturated carbocycles. The summed E-state index contributed by atoms with van der Waals surface area (Å²) in [5.41, 5.74) is 4.27. The number of benzene rings is 1. The number of nitrogens with zero attached hydrogens (tertiary/aromatic N) is 3. The van der Waals surface area contributed by atoms with Crippen LogP contribution < -0.4 is 10.1 Å². The molecule has 5 heteroatoms. The van der Waals surface area contributed by atoms with Gasteiger partial charge in [-0.15, -0.1) is 0 Å². The summed E-state index contributed by atoms with van der Waals surface area (Å²) in [6.45, 7) is 7.10. The highest BCUT2D eigenvalue weighted by Crippen LogP contribution is 2.31. The molecule has 2 aliphatic rings. The van der Waals surface area contributed by atoms with Gasteiger partial charge in [0.15, 0.2) is 5.75 Å². The topological polar surface area (TPSA) is 50.3 Å². The first-order valence-corrected chi connectivity index (χ1v) is 8.83. The monoisotopic (exact) mass is 324 g/mol. The van der Waals surface area contributed by atoms with Crippen LogP contribution in [0.25, 0.3) is 0 Å². The number of hydrogen-bond donors (Lipinski definition) is 1. The van der Waals surface area contributed by atoms with Crippen molar-refractivity contribution in [2.75, 3.05) is 32.8 Å². The van der Waals surface area contributed by atoms with E-state index in [1.807, 2.05) is 6.92 Å². The van der Waals surface area contributed by atoms with Gasteiger partial charge >= 0.3 is 0 Å². The maximum Gasteiger partial charge on any atom is 0.155 e. The molecule has 1 aromatic carbocycles. The molecule has 24 heavy (non-hydrogen) atoms. The first-order chi connectivity index (χ1) is 11.8. The minimum atomic E-state index is 0.540. The van der Waals surface area contributed by atoms with E-state index in [4.69, 9.17) is 4.74 Å². The van der Waals surface area contributed by atoms with Crippen LogP contribution in [-0.2, 0) is 12.8 Å². The van der Waals surface area contributed by atoms with E-state index in [1.165, 1.54) is 23.2 Å². The van der Waals surface area contributed by atoms with Crippen LogP contribution in [-0.4, -0.2) is 47.7 Å². The Labute approximate surface area is 143 Å². The fraction of sp³-hybridized carbons (Fsp3) is 0.474. The standard InChI is InChI=1S/C19H24N4O/c1-2-24-16-11-21-19(22-12-16)10-14-3-4-17-15(9-14)5-7-23-8-6-20-13-18(17)23/h3-4,9,11-12,18,20H,2,5-8,10,13H2,1H3/t18-/m0/s1. The van der Waals surface area contributed by atoms with Gasteiger partial charge in [0.2, 0.25) is 0 Å². The highest BCUT2D eigenvalue weighted by molar-refractivity contribution is 5.38. The Balaban J connectivity index is 1.51. The summed E-state index contributed by atoms with van der Waals surface area (Å²) in [6, 6.07) is 7.43. The number of fused-ring (bicyclic) bond motifs is 3. The van der Waals surface area contributed by atoms with Gasteiger partial charge in [0.05, 0.1) is 19.0 Å². The van der Waals surface area contributed by atoms with Crippen molar-refractivity contribution in [1.82, 2.24) is 20.2 Å². The Bertz CT molecular complexity index is 701. The lowest BCUT2D eigenvalue weighted by molar-refractivity contribution is 0.152. The summed E-state index contributed by atoms with van der Waals surface area (Å²) in [7, 11) is 0. The molecule has 1 aromatic heterocycles. The Morgan fingerprint density at radius 3 is 2.96 bits per heavy atom. The van der Waals surface area contributed by atoms with E-state index < -0.39 is 0 Å². The molecule has 0 bridgehead atoms. The second-order valence-electron chi connectivity index (χ2n) is 6.48. The predicted octanol–water partition coefficient (Wildman–Crippen LogP) is 1.97. The molecule has 0 amide bonds. The van der Waals surface area contributed by atoms with Gasteiger partial charge in [0.25, 0.3) is 0 Å². The minimum absolute atomic E-state index is 0.540. The van der Waals surface area contributed by atoms with Crippen LogP contribution in [0.3, 0.4) is 0 Å². The summed E-state index contributed by atoms with van der Waals surface area (Å²) in [6.07, 6.45) is 5.43. The van der Waals surface area contributed by atoms with Gasteiger partial charge in [-0.25, -0.2) is 9.97 Å². The molecule has 5 nitrogen and oxygen atoms in total. The molecule has 1 N–H and O–H groups in total. The van der Waals surface area contributed by atoms with E-state index in [9.17, 15) is 0 Å². The third kappa shape index (κ3) is 3.14. The van der Waals surface area contributed by atoms with Crippen molar-refractivity contribution in [3.05, 3.63) is 53.1 Å². The maximum absolute atomic E-state index is 5.40. The largest absolute Gasteiger partial charge is 0.491 e. The summed E-state index contributed by atoms with van der Waals surface area (Å²) >= 11 is 0. The Hall–Kier alpha value is -1.98. The van der Waals surface area contributed by atoms with Crippen molar-refractivity contribution >= 4 is 0 Å². The Morgan fingerprint density at radius 2 is 2.12 bits per heavy atom. The molecule has 0 unspecified atom stereocenters. The molecule has 1 saturated heterocycles. The van der Waals surface area contributed by atoms with Crippen LogP contribution in [0, 0.1) is 0 Å². The van der Waals surface area contributed by atoms with Gasteiger partial charge in [-0.2, -0.15) is 0 Å². The number of ether oxygens (including phenoxy) is 1. The van der Waals surface area contributed by atoms with Crippen molar-refractivity contribution in [3.63, 3.8) is 0 Å². The van der Waals surface area contributed by atoms with Crippen LogP contribution in [0.15, 0.2) is 30.6 Å². The Morgan fingerprint density at radius 1 is 1.25 bits per heavy atom. The average molecular weight is 324 g/mol. The fourth-order valence-electron chi connectivity index (χ4n) is 3.75. The number of rotatable bonds is 4. The van der Waals surface area contributed by atoms with E-state index in [0.717, 1.165) is 44.0 Å². The molecule has 1 fully saturated rings. The maximum atomic E-state index is 5.40. The fourth-order valence-corrected chi connectivity index (χ4v) is 3.75. The van der Waals surface area contributed by atoms with Crippen LogP contribution in [0.5, 0.6) is 5.75 Å². The zero-order chi connectivity index (χ0) is 16.4. The lowest BCUT2D eigenvalue weighted by Gasteiger charge is -2.41. The third-order valence-electron chi connectivity index (χ3n) is 4.94. The molecule has 4 rings (SSSR count). The molecule has 126 valence electrons. The Kier molecular flexibility index (Phi) is 4.45. The summed E-state index contributed by atoms with van der Waals surface area (Å²) in [4.78, 5) is 11.4. The lowest BCUT2D eigenvalue weighted by Crippen LogP contribution is -2.48. The van der Waals surface area contributed by atoms with E-state index >= 15 is 0 Å². The molecule has 0 spiro atoms. The van der Waals surface area contributed by atoms with Crippen LogP contribution in [0.1, 0.15) is 35.5 Å². The highest BCUT2D eigenvalue weighted by Gasteiger charge is 2.29. The zero-order valence-corrected chi connectivity index (χ0v) is 14.2. The van der Waals surface area contributed by atoms with Crippen molar-refractivity contribution < 1.29 is 4.74 Å². The second kappa shape index (κ2) is 6.87. The van der Waals surface area contributed by atoms with Gasteiger partial charge in [0, 0.05) is 38.6 Å². The van der Waals surface area contributed by atoms with Gasteiger partial charge in [-0.3, -0.25) is 4.90 Å². The summed E-state index contributed by atoms with van der Waals surface area (Å²) in [5.74, 6) is 1.58. The van der Waals surface area contributed by atoms with Crippen molar-refractivity contribution in [1.29, 1.82) is 0 Å². The van der Waals surface area contributed by atoms with Crippen molar-refractivity contribution in [2.24, 2.45) is 0 Å². The number of hydrogen-bond acceptors (Lipinski definition) is 5. The van der Waals surface area contributed by atoms with E-state index in [0.29, 0.717) is 12.6 Å². The molecule has 1 atom stereocenters. The van der Waals surface area contributed by atoms with Crippen LogP contribution in [0.4, 0.5) is 0 Å². The third-order valence-corrected chi connectivity index (χ3v) is 4.94. The normalized spacial score (nSPS) is 20.3. The minimum Gasteiger partial charge on any atom is -0.491 e. The van der Waals surface area contributed by atoms with Gasteiger partial charge in [0.1, 0.15) is 5.82 Å². The average Bonchev–Trinajstić information content (AvgIpc) is 2.63. The number of nitrogens with one attached hydrogen (secondary N) is 1. The second-order valence-corrected chi connectivity index (χ2v) is 6.48. The SMILES string of the molecule is CCOc1cnc(Cc2ccc3c(c2)CCN2CCNC[C@@H]32)nc1. The van der Waals surface area contributed by atoms with Crippen LogP contribution in [0.2, 0.25) is 0 Å². The molecule has 2 aromatic rings. The molecule has 3 heterocycles. The predicted molar refractivity (Wildman–Crippen MR) is 93.3 cm³/mol. The number of aromatic nitrogens is 2. The lowest BCUT2D eigenvalue weighted by atomic mass is 9.89. The quantitative estimate of drug-likeness (QED) is 0.932. The molecular formula is C19H24N4O. The van der Waals surface area contributed by atoms with Gasteiger partial charge in [-0.1, -0.05) is 18.2 Å². The van der Waals surface area contributed by atoms with Crippen LogP contribution >= 0.6 is 0 Å². The zero-order valence-electron chi connectivity index (χ0n) is 14.2. The first kappa shape index (κ1) is 15.5. The molecule has 0 aliphatic carbocycles. The van der Waals surface area contributed by atoms with Crippen molar-refractivity contribution in [2.45, 2.75) is 25.8 Å². The van der Waals surface area contributed by atoms with Gasteiger partial charge < -0.3 is 10.1 Å². The summed E-state index contributed by atoms with van der Waals surface area (Å²) < 4.78 is 5.40.